The number of aliphatic carboxylic acids is 1. The van der Waals surface area contributed by atoms with E-state index in [9.17, 15) is 4.79 Å². The fourth-order valence-corrected chi connectivity index (χ4v) is 1.54. The first-order valence-corrected chi connectivity index (χ1v) is 6.32. The number of carbonyl (C=O) groups is 1. The minimum Gasteiger partial charge on any atom is -0.481 e. The molecule has 0 bridgehead atoms. The van der Waals surface area contributed by atoms with Crippen LogP contribution in [-0.2, 0) is 4.79 Å². The van der Waals surface area contributed by atoms with Gasteiger partial charge in [-0.05, 0) is 12.1 Å². The van der Waals surface area contributed by atoms with Crippen LogP contribution in [0.5, 0.6) is 0 Å². The molecule has 0 saturated carbocycles. The zero-order chi connectivity index (χ0) is 14.5. The minimum absolute atomic E-state index is 0.0317. The fraction of sp³-hybridized carbons (Fsp3) is 0.385. The summed E-state index contributed by atoms with van der Waals surface area (Å²) in [5, 5.41) is 15.4. The van der Waals surface area contributed by atoms with Crippen molar-refractivity contribution >= 4 is 11.8 Å². The van der Waals surface area contributed by atoms with Crippen molar-refractivity contribution in [1.82, 2.24) is 15.1 Å². The third-order valence-electron chi connectivity index (χ3n) is 2.61. The number of rotatable bonds is 6. The van der Waals surface area contributed by atoms with E-state index in [0.717, 1.165) is 5.56 Å². The predicted molar refractivity (Wildman–Crippen MR) is 72.4 cm³/mol. The fourth-order valence-electron chi connectivity index (χ4n) is 1.54. The van der Waals surface area contributed by atoms with Gasteiger partial charge in [0.1, 0.15) is 5.82 Å². The Hall–Kier alpha value is -2.44. The van der Waals surface area contributed by atoms with Crippen molar-refractivity contribution in [2.45, 2.75) is 26.2 Å². The van der Waals surface area contributed by atoms with Crippen LogP contribution in [-0.4, -0.2) is 32.7 Å². The number of hydrogen-bond acceptors (Lipinski definition) is 6. The molecule has 7 nitrogen and oxygen atoms in total. The van der Waals surface area contributed by atoms with E-state index in [4.69, 9.17) is 9.63 Å². The quantitative estimate of drug-likeness (QED) is 0.833. The molecule has 106 valence electrons. The van der Waals surface area contributed by atoms with Crippen molar-refractivity contribution in [3.63, 3.8) is 0 Å². The van der Waals surface area contributed by atoms with Crippen LogP contribution in [0.1, 0.15) is 32.0 Å². The molecule has 2 rings (SSSR count). The molecule has 2 aromatic heterocycles. The lowest BCUT2D eigenvalue weighted by Crippen LogP contribution is -2.08. The van der Waals surface area contributed by atoms with Crippen LogP contribution in [0.3, 0.4) is 0 Å². The van der Waals surface area contributed by atoms with E-state index in [1.54, 1.807) is 18.3 Å². The summed E-state index contributed by atoms with van der Waals surface area (Å²) in [6.07, 6.45) is 1.64. The zero-order valence-corrected chi connectivity index (χ0v) is 11.3. The Kier molecular flexibility index (Phi) is 4.29. The first-order valence-electron chi connectivity index (χ1n) is 6.32. The van der Waals surface area contributed by atoms with Crippen LogP contribution in [0.4, 0.5) is 5.82 Å². The number of hydrogen-bond donors (Lipinski definition) is 2. The summed E-state index contributed by atoms with van der Waals surface area (Å²) in [7, 11) is 0. The van der Waals surface area contributed by atoms with E-state index in [0.29, 0.717) is 24.1 Å². The molecular weight excluding hydrogens is 260 g/mol. The van der Waals surface area contributed by atoms with Gasteiger partial charge in [0.25, 0.3) is 5.89 Å². The summed E-state index contributed by atoms with van der Waals surface area (Å²) >= 11 is 0. The zero-order valence-electron chi connectivity index (χ0n) is 11.3. The second-order valence-electron chi connectivity index (χ2n) is 4.61. The standard InChI is InChI=1S/C13H16N4O3/c1-8(2)12-16-13(20-17-12)9-3-5-14-10(7-9)15-6-4-11(18)19/h3,5,7-8H,4,6H2,1-2H3,(H,14,15)(H,18,19). The van der Waals surface area contributed by atoms with Crippen LogP contribution in [0, 0.1) is 0 Å². The lowest BCUT2D eigenvalue weighted by atomic mass is 10.2. The van der Waals surface area contributed by atoms with Gasteiger partial charge in [0, 0.05) is 24.2 Å². The van der Waals surface area contributed by atoms with Crippen LogP contribution >= 0.6 is 0 Å². The Balaban J connectivity index is 2.10. The minimum atomic E-state index is -0.855. The maximum Gasteiger partial charge on any atom is 0.305 e. The monoisotopic (exact) mass is 276 g/mol. The average Bonchev–Trinajstić information content (AvgIpc) is 2.88. The number of anilines is 1. The summed E-state index contributed by atoms with van der Waals surface area (Å²) in [5.74, 6) is 0.997. The first kappa shape index (κ1) is 14.0. The third-order valence-corrected chi connectivity index (χ3v) is 2.61. The smallest absolute Gasteiger partial charge is 0.305 e. The van der Waals surface area contributed by atoms with Crippen LogP contribution in [0.15, 0.2) is 22.9 Å². The molecule has 0 aliphatic heterocycles. The Morgan fingerprint density at radius 3 is 2.95 bits per heavy atom. The molecule has 2 heterocycles. The molecule has 0 aliphatic carbocycles. The van der Waals surface area contributed by atoms with Crippen LogP contribution < -0.4 is 5.32 Å². The molecule has 0 saturated heterocycles. The summed E-state index contributed by atoms with van der Waals surface area (Å²) in [6, 6.07) is 3.51. The summed E-state index contributed by atoms with van der Waals surface area (Å²) in [4.78, 5) is 18.9. The molecule has 0 unspecified atom stereocenters. The van der Waals surface area contributed by atoms with E-state index in [1.165, 1.54) is 0 Å². The van der Waals surface area contributed by atoms with Gasteiger partial charge < -0.3 is 14.9 Å². The van der Waals surface area contributed by atoms with E-state index in [2.05, 4.69) is 20.4 Å². The summed E-state index contributed by atoms with van der Waals surface area (Å²) < 4.78 is 5.20. The maximum absolute atomic E-state index is 10.5. The van der Waals surface area contributed by atoms with Gasteiger partial charge in [-0.3, -0.25) is 4.79 Å². The van der Waals surface area contributed by atoms with Crippen molar-refractivity contribution < 1.29 is 14.4 Å². The second kappa shape index (κ2) is 6.14. The van der Waals surface area contributed by atoms with Crippen molar-refractivity contribution in [2.24, 2.45) is 0 Å². The Bertz CT molecular complexity index is 595. The summed E-state index contributed by atoms with van der Waals surface area (Å²) in [6.45, 7) is 4.28. The second-order valence-corrected chi connectivity index (χ2v) is 4.61. The molecule has 0 atom stereocenters. The number of pyridine rings is 1. The van der Waals surface area contributed by atoms with Gasteiger partial charge in [-0.1, -0.05) is 19.0 Å². The van der Waals surface area contributed by atoms with Crippen molar-refractivity contribution in [1.29, 1.82) is 0 Å². The van der Waals surface area contributed by atoms with E-state index >= 15 is 0 Å². The molecule has 0 spiro atoms. The van der Waals surface area contributed by atoms with Gasteiger partial charge in [-0.25, -0.2) is 4.98 Å². The molecule has 7 heteroatoms. The molecule has 0 aliphatic rings. The van der Waals surface area contributed by atoms with Gasteiger partial charge in [-0.15, -0.1) is 0 Å². The highest BCUT2D eigenvalue weighted by molar-refractivity contribution is 5.67. The Morgan fingerprint density at radius 1 is 1.50 bits per heavy atom. The van der Waals surface area contributed by atoms with E-state index in [-0.39, 0.29) is 12.3 Å². The van der Waals surface area contributed by atoms with Crippen molar-refractivity contribution in [2.75, 3.05) is 11.9 Å². The molecular formula is C13H16N4O3. The SMILES string of the molecule is CC(C)c1noc(-c2ccnc(NCCC(=O)O)c2)n1. The highest BCUT2D eigenvalue weighted by atomic mass is 16.5. The number of aromatic nitrogens is 3. The highest BCUT2D eigenvalue weighted by Gasteiger charge is 2.12. The molecule has 0 fully saturated rings. The Morgan fingerprint density at radius 2 is 2.30 bits per heavy atom. The molecule has 0 radical (unpaired) electrons. The first-order chi connectivity index (χ1) is 9.56. The average molecular weight is 276 g/mol. The normalized spacial score (nSPS) is 10.8. The molecule has 0 amide bonds. The molecule has 20 heavy (non-hydrogen) atoms. The van der Waals surface area contributed by atoms with Gasteiger partial charge in [0.2, 0.25) is 0 Å². The molecule has 0 aromatic carbocycles. The van der Waals surface area contributed by atoms with Crippen molar-refractivity contribution in [3.05, 3.63) is 24.2 Å². The lowest BCUT2D eigenvalue weighted by Gasteiger charge is -2.04. The third kappa shape index (κ3) is 3.53. The highest BCUT2D eigenvalue weighted by Crippen LogP contribution is 2.21. The van der Waals surface area contributed by atoms with Crippen LogP contribution in [0.25, 0.3) is 11.5 Å². The largest absolute Gasteiger partial charge is 0.481 e. The molecule has 2 N–H and O–H groups in total. The number of nitrogens with zero attached hydrogens (tertiary/aromatic N) is 3. The van der Waals surface area contributed by atoms with Gasteiger partial charge in [0.15, 0.2) is 5.82 Å². The molecule has 2 aromatic rings. The van der Waals surface area contributed by atoms with Gasteiger partial charge in [-0.2, -0.15) is 4.98 Å². The van der Waals surface area contributed by atoms with Gasteiger partial charge >= 0.3 is 5.97 Å². The summed E-state index contributed by atoms with van der Waals surface area (Å²) in [5.41, 5.74) is 0.747. The van der Waals surface area contributed by atoms with E-state index in [1.807, 2.05) is 13.8 Å². The Labute approximate surface area is 116 Å². The van der Waals surface area contributed by atoms with Gasteiger partial charge in [0.05, 0.1) is 6.42 Å². The van der Waals surface area contributed by atoms with Crippen molar-refractivity contribution in [3.8, 4) is 11.5 Å². The lowest BCUT2D eigenvalue weighted by molar-refractivity contribution is -0.136. The maximum atomic E-state index is 10.5. The number of carboxylic acid groups (broad SMARTS) is 1. The van der Waals surface area contributed by atoms with E-state index < -0.39 is 5.97 Å². The van der Waals surface area contributed by atoms with Crippen LogP contribution in [0.2, 0.25) is 0 Å². The predicted octanol–water partition coefficient (Wildman–Crippen LogP) is 2.14. The topological polar surface area (TPSA) is 101 Å². The number of nitrogens with one attached hydrogen (secondary N) is 1. The number of carboxylic acids is 1.